The number of nitrogens with zero attached hydrogens (tertiary/aromatic N) is 3. The molecule has 1 aliphatic heterocycles. The van der Waals surface area contributed by atoms with Crippen LogP contribution in [0.2, 0.25) is 0 Å². The molecule has 1 aliphatic rings. The van der Waals surface area contributed by atoms with Crippen LogP contribution in [0.15, 0.2) is 47.5 Å². The smallest absolute Gasteiger partial charge is 0.275 e. The first-order chi connectivity index (χ1) is 11.0. The molecule has 0 aliphatic carbocycles. The normalized spacial score (nSPS) is 14.4. The minimum absolute atomic E-state index is 0.0239. The summed E-state index contributed by atoms with van der Waals surface area (Å²) in [7, 11) is 0. The van der Waals surface area contributed by atoms with E-state index in [1.165, 1.54) is 42.5 Å². The van der Waals surface area contributed by atoms with E-state index in [1.807, 2.05) is 0 Å². The number of nitro benzene ring substituents is 2. The molecule has 0 aromatic heterocycles. The van der Waals surface area contributed by atoms with Crippen LogP contribution in [0.3, 0.4) is 0 Å². The van der Waals surface area contributed by atoms with Gasteiger partial charge < -0.3 is 5.32 Å². The molecule has 0 saturated heterocycles. The lowest BCUT2D eigenvalue weighted by Crippen LogP contribution is -2.13. The topological polar surface area (TPSA) is 128 Å². The van der Waals surface area contributed by atoms with Crippen molar-refractivity contribution in [3.05, 3.63) is 68.3 Å². The summed E-state index contributed by atoms with van der Waals surface area (Å²) in [6, 6.07) is 9.40. The highest BCUT2D eigenvalue weighted by atomic mass is 16.6. The van der Waals surface area contributed by atoms with Crippen molar-refractivity contribution in [2.24, 2.45) is 4.99 Å². The van der Waals surface area contributed by atoms with E-state index in [0.717, 1.165) is 0 Å². The molecule has 0 radical (unpaired) electrons. The maximum absolute atomic E-state index is 12.0. The van der Waals surface area contributed by atoms with Gasteiger partial charge in [0, 0.05) is 29.8 Å². The fraction of sp³-hybridized carbons (Fsp3) is 0. The van der Waals surface area contributed by atoms with Gasteiger partial charge in [-0.25, -0.2) is 4.99 Å². The molecule has 0 fully saturated rings. The highest BCUT2D eigenvalue weighted by molar-refractivity contribution is 6.54. The average Bonchev–Trinajstić information content (AvgIpc) is 2.83. The molecule has 2 aromatic rings. The molecule has 9 nitrogen and oxygen atoms in total. The van der Waals surface area contributed by atoms with Crippen molar-refractivity contribution >= 4 is 34.4 Å². The van der Waals surface area contributed by atoms with Gasteiger partial charge in [-0.1, -0.05) is 6.07 Å². The number of non-ortho nitro benzene ring substituents is 2. The van der Waals surface area contributed by atoms with Crippen molar-refractivity contribution in [1.82, 2.24) is 0 Å². The Hall–Kier alpha value is -3.62. The lowest BCUT2D eigenvalue weighted by molar-refractivity contribution is -0.385. The van der Waals surface area contributed by atoms with E-state index >= 15 is 0 Å². The summed E-state index contributed by atoms with van der Waals surface area (Å²) in [6.07, 6.45) is 0. The Balaban J connectivity index is 2.09. The predicted octanol–water partition coefficient (Wildman–Crippen LogP) is 2.58. The van der Waals surface area contributed by atoms with Crippen LogP contribution >= 0.6 is 0 Å². The third-order valence-electron chi connectivity index (χ3n) is 3.21. The number of nitrogens with one attached hydrogen (secondary N) is 1. The molecule has 1 heterocycles. The van der Waals surface area contributed by atoms with E-state index < -0.39 is 15.8 Å². The van der Waals surface area contributed by atoms with Crippen LogP contribution in [0.1, 0.15) is 5.56 Å². The lowest BCUT2D eigenvalue weighted by Gasteiger charge is -1.99. The van der Waals surface area contributed by atoms with Gasteiger partial charge in [-0.05, 0) is 12.1 Å². The second-order valence-electron chi connectivity index (χ2n) is 4.68. The monoisotopic (exact) mass is 312 g/mol. The van der Waals surface area contributed by atoms with Crippen molar-refractivity contribution < 1.29 is 14.6 Å². The van der Waals surface area contributed by atoms with Crippen LogP contribution in [0, 0.1) is 20.2 Å². The Morgan fingerprint density at radius 1 is 0.957 bits per heavy atom. The van der Waals surface area contributed by atoms with Gasteiger partial charge in [0.15, 0.2) is 0 Å². The molecule has 0 unspecified atom stereocenters. The van der Waals surface area contributed by atoms with Gasteiger partial charge in [-0.15, -0.1) is 0 Å². The molecule has 0 bridgehead atoms. The van der Waals surface area contributed by atoms with E-state index in [-0.39, 0.29) is 28.3 Å². The van der Waals surface area contributed by atoms with Crippen LogP contribution in [0.4, 0.5) is 22.7 Å². The number of fused-ring (bicyclic) bond motifs is 1. The van der Waals surface area contributed by atoms with Crippen LogP contribution in [-0.2, 0) is 4.79 Å². The summed E-state index contributed by atoms with van der Waals surface area (Å²) < 4.78 is 0. The van der Waals surface area contributed by atoms with Crippen LogP contribution < -0.4 is 5.32 Å². The number of carbonyl (C=O) groups excluding carboxylic acids is 1. The number of hydrogen-bond acceptors (Lipinski definition) is 6. The highest BCUT2D eigenvalue weighted by Gasteiger charge is 2.28. The van der Waals surface area contributed by atoms with Gasteiger partial charge in [0.2, 0.25) is 0 Å². The molecule has 1 amide bonds. The van der Waals surface area contributed by atoms with Crippen LogP contribution in [0.25, 0.3) is 0 Å². The Morgan fingerprint density at radius 2 is 1.65 bits per heavy atom. The van der Waals surface area contributed by atoms with Crippen LogP contribution in [-0.4, -0.2) is 21.5 Å². The maximum Gasteiger partial charge on any atom is 0.275 e. The largest absolute Gasteiger partial charge is 0.320 e. The number of anilines is 1. The molecule has 1 N–H and O–H groups in total. The molecule has 114 valence electrons. The molecule has 0 saturated carbocycles. The fourth-order valence-electron chi connectivity index (χ4n) is 2.17. The Bertz CT molecular complexity index is 890. The first-order valence-corrected chi connectivity index (χ1v) is 6.39. The van der Waals surface area contributed by atoms with Gasteiger partial charge >= 0.3 is 0 Å². The van der Waals surface area contributed by atoms with Crippen LogP contribution in [0.5, 0.6) is 0 Å². The molecule has 3 rings (SSSR count). The van der Waals surface area contributed by atoms with E-state index in [0.29, 0.717) is 5.69 Å². The zero-order valence-electron chi connectivity index (χ0n) is 11.4. The second kappa shape index (κ2) is 5.30. The van der Waals surface area contributed by atoms with Gasteiger partial charge in [-0.3, -0.25) is 25.0 Å². The third kappa shape index (κ3) is 2.62. The van der Waals surface area contributed by atoms with Gasteiger partial charge in [-0.2, -0.15) is 0 Å². The number of nitro groups is 2. The Morgan fingerprint density at radius 3 is 2.35 bits per heavy atom. The number of carbonyl (C=O) groups is 1. The average molecular weight is 312 g/mol. The predicted molar refractivity (Wildman–Crippen MR) is 81.0 cm³/mol. The summed E-state index contributed by atoms with van der Waals surface area (Å²) in [5.74, 6) is -0.521. The summed E-state index contributed by atoms with van der Waals surface area (Å²) in [5, 5.41) is 24.2. The summed E-state index contributed by atoms with van der Waals surface area (Å²) in [5.41, 5.74) is 0.546. The summed E-state index contributed by atoms with van der Waals surface area (Å²) >= 11 is 0. The fourth-order valence-corrected chi connectivity index (χ4v) is 2.17. The molecule has 23 heavy (non-hydrogen) atoms. The van der Waals surface area contributed by atoms with Gasteiger partial charge in [0.25, 0.3) is 17.3 Å². The Kier molecular flexibility index (Phi) is 3.30. The van der Waals surface area contributed by atoms with Gasteiger partial charge in [0.1, 0.15) is 5.71 Å². The SMILES string of the molecule is O=C1Nc2ccc([N+](=O)[O-])cc2C1=Nc1cccc([N+](=O)[O-])c1. The molecular formula is C14H8N4O5. The number of amides is 1. The van der Waals surface area contributed by atoms with E-state index in [2.05, 4.69) is 10.3 Å². The molecular weight excluding hydrogens is 304 g/mol. The quantitative estimate of drug-likeness (QED) is 0.688. The standard InChI is InChI=1S/C14H8N4O5/c19-14-13(15-8-2-1-3-9(6-8)17(20)21)11-7-10(18(22)23)4-5-12(11)16-14/h1-7H,(H,15,16,19). The molecule has 0 spiro atoms. The minimum atomic E-state index is -0.575. The molecule has 0 atom stereocenters. The lowest BCUT2D eigenvalue weighted by atomic mass is 10.1. The van der Waals surface area contributed by atoms with Gasteiger partial charge in [0.05, 0.1) is 21.2 Å². The Labute approximate surface area is 128 Å². The van der Waals surface area contributed by atoms with Crippen molar-refractivity contribution in [1.29, 1.82) is 0 Å². The molecule has 9 heteroatoms. The molecule has 2 aromatic carbocycles. The zero-order chi connectivity index (χ0) is 16.6. The van der Waals surface area contributed by atoms with E-state index in [4.69, 9.17) is 0 Å². The number of rotatable bonds is 3. The zero-order valence-corrected chi connectivity index (χ0v) is 11.4. The first kappa shape index (κ1) is 14.3. The van der Waals surface area contributed by atoms with Crippen molar-refractivity contribution in [3.8, 4) is 0 Å². The van der Waals surface area contributed by atoms with E-state index in [1.54, 1.807) is 0 Å². The van der Waals surface area contributed by atoms with E-state index in [9.17, 15) is 25.0 Å². The third-order valence-corrected chi connectivity index (χ3v) is 3.21. The maximum atomic E-state index is 12.0. The summed E-state index contributed by atoms with van der Waals surface area (Å²) in [4.78, 5) is 36.6. The minimum Gasteiger partial charge on any atom is -0.320 e. The van der Waals surface area contributed by atoms with Crippen molar-refractivity contribution in [2.45, 2.75) is 0 Å². The van der Waals surface area contributed by atoms with Crippen molar-refractivity contribution in [3.63, 3.8) is 0 Å². The summed E-state index contributed by atoms with van der Waals surface area (Å²) in [6.45, 7) is 0. The number of aliphatic imine (C=N–C) groups is 1. The first-order valence-electron chi connectivity index (χ1n) is 6.39. The second-order valence-corrected chi connectivity index (χ2v) is 4.68. The number of benzene rings is 2. The highest BCUT2D eigenvalue weighted by Crippen LogP contribution is 2.30. The number of hydrogen-bond donors (Lipinski definition) is 1. The van der Waals surface area contributed by atoms with Crippen molar-refractivity contribution in [2.75, 3.05) is 5.32 Å².